The molecule has 0 spiro atoms. The van der Waals surface area contributed by atoms with Crippen LogP contribution in [-0.2, 0) is 4.74 Å². The average molecular weight is 302 g/mol. The zero-order chi connectivity index (χ0) is 15.4. The minimum atomic E-state index is -0.320. The van der Waals surface area contributed by atoms with Gasteiger partial charge in [-0.15, -0.1) is 0 Å². The molecule has 0 saturated carbocycles. The number of nitrogens with zero attached hydrogens (tertiary/aromatic N) is 1. The first-order chi connectivity index (χ1) is 10.7. The van der Waals surface area contributed by atoms with Gasteiger partial charge in [-0.2, -0.15) is 0 Å². The van der Waals surface area contributed by atoms with Gasteiger partial charge in [0.05, 0.1) is 11.8 Å². The lowest BCUT2D eigenvalue weighted by molar-refractivity contribution is 0.0682. The molecule has 1 aliphatic rings. The predicted molar refractivity (Wildman–Crippen MR) is 80.1 cm³/mol. The highest BCUT2D eigenvalue weighted by atomic mass is 16.5. The van der Waals surface area contributed by atoms with Crippen LogP contribution < -0.4 is 10.1 Å². The molecule has 6 heteroatoms. The number of ether oxygens (including phenoxy) is 2. The number of oxazole rings is 1. The summed E-state index contributed by atoms with van der Waals surface area (Å²) in [6.45, 7) is 2.97. The Morgan fingerprint density at radius 1 is 1.45 bits per heavy atom. The smallest absolute Gasteiger partial charge is 0.278 e. The quantitative estimate of drug-likeness (QED) is 0.919. The molecule has 1 fully saturated rings. The number of benzene rings is 1. The van der Waals surface area contributed by atoms with Crippen LogP contribution in [0.3, 0.4) is 0 Å². The summed E-state index contributed by atoms with van der Waals surface area (Å²) >= 11 is 0. The van der Waals surface area contributed by atoms with Crippen molar-refractivity contribution in [2.45, 2.75) is 25.9 Å². The number of carbonyl (C=O) groups is 1. The molecule has 0 bridgehead atoms. The maximum atomic E-state index is 12.2. The van der Waals surface area contributed by atoms with E-state index in [4.69, 9.17) is 13.9 Å². The monoisotopic (exact) mass is 302 g/mol. The van der Waals surface area contributed by atoms with Crippen molar-refractivity contribution in [1.82, 2.24) is 4.98 Å². The van der Waals surface area contributed by atoms with E-state index < -0.39 is 0 Å². The Hall–Kier alpha value is -2.34. The zero-order valence-corrected chi connectivity index (χ0v) is 12.4. The third-order valence-electron chi connectivity index (χ3n) is 3.54. The maximum absolute atomic E-state index is 12.2. The Kier molecular flexibility index (Phi) is 4.39. The molecule has 0 radical (unpaired) electrons. The molecule has 1 aliphatic heterocycles. The molecular weight excluding hydrogens is 284 g/mol. The summed E-state index contributed by atoms with van der Waals surface area (Å²) in [5.41, 5.74) is 0.877. The van der Waals surface area contributed by atoms with Crippen LogP contribution in [-0.4, -0.2) is 30.2 Å². The molecule has 2 heterocycles. The molecule has 0 aliphatic carbocycles. The Labute approximate surface area is 128 Å². The predicted octanol–water partition coefficient (Wildman–Crippen LogP) is 2.79. The average Bonchev–Trinajstić information content (AvgIpc) is 3.17. The molecular formula is C16H18N2O4. The molecule has 1 N–H and O–H groups in total. The molecule has 2 aromatic rings. The van der Waals surface area contributed by atoms with E-state index in [1.165, 1.54) is 6.39 Å². The van der Waals surface area contributed by atoms with Crippen molar-refractivity contribution >= 4 is 11.6 Å². The summed E-state index contributed by atoms with van der Waals surface area (Å²) < 4.78 is 16.4. The maximum Gasteiger partial charge on any atom is 0.278 e. The van der Waals surface area contributed by atoms with E-state index in [1.807, 2.05) is 18.2 Å². The highest BCUT2D eigenvalue weighted by Gasteiger charge is 2.18. The molecule has 1 amide bonds. The van der Waals surface area contributed by atoms with Crippen molar-refractivity contribution in [2.75, 3.05) is 18.5 Å². The van der Waals surface area contributed by atoms with Crippen molar-refractivity contribution < 1.29 is 18.7 Å². The summed E-state index contributed by atoms with van der Waals surface area (Å²) in [6, 6.07) is 7.31. The van der Waals surface area contributed by atoms with E-state index in [9.17, 15) is 4.79 Å². The molecule has 3 rings (SSSR count). The molecule has 1 aromatic heterocycles. The van der Waals surface area contributed by atoms with Gasteiger partial charge in [0.25, 0.3) is 5.91 Å². The summed E-state index contributed by atoms with van der Waals surface area (Å²) in [5.74, 6) is 0.780. The van der Waals surface area contributed by atoms with Crippen molar-refractivity contribution in [3.05, 3.63) is 42.1 Å². The van der Waals surface area contributed by atoms with Gasteiger partial charge < -0.3 is 19.2 Å². The Balaban J connectivity index is 1.68. The van der Waals surface area contributed by atoms with Crippen LogP contribution in [0, 0.1) is 6.92 Å². The molecule has 116 valence electrons. The number of carbonyl (C=O) groups excluding carboxylic acids is 1. The summed E-state index contributed by atoms with van der Waals surface area (Å²) in [6.07, 6.45) is 3.45. The Bertz CT molecular complexity index is 647. The van der Waals surface area contributed by atoms with Gasteiger partial charge in [0, 0.05) is 6.61 Å². The molecule has 22 heavy (non-hydrogen) atoms. The number of hydrogen-bond acceptors (Lipinski definition) is 5. The van der Waals surface area contributed by atoms with Crippen LogP contribution in [0.2, 0.25) is 0 Å². The van der Waals surface area contributed by atoms with Crippen LogP contribution >= 0.6 is 0 Å². The first-order valence-corrected chi connectivity index (χ1v) is 7.29. The molecule has 1 unspecified atom stereocenters. The van der Waals surface area contributed by atoms with Crippen LogP contribution in [0.5, 0.6) is 5.75 Å². The van der Waals surface area contributed by atoms with Gasteiger partial charge in [0.1, 0.15) is 18.1 Å². The second kappa shape index (κ2) is 6.62. The lowest BCUT2D eigenvalue weighted by atomic mass is 10.2. The van der Waals surface area contributed by atoms with E-state index in [1.54, 1.807) is 13.0 Å². The lowest BCUT2D eigenvalue weighted by Gasteiger charge is -2.14. The van der Waals surface area contributed by atoms with E-state index >= 15 is 0 Å². The molecule has 1 aromatic carbocycles. The number of aromatic nitrogens is 1. The van der Waals surface area contributed by atoms with Crippen molar-refractivity contribution in [3.63, 3.8) is 0 Å². The first kappa shape index (κ1) is 14.6. The summed E-state index contributed by atoms with van der Waals surface area (Å²) in [4.78, 5) is 16.1. The van der Waals surface area contributed by atoms with Gasteiger partial charge in [-0.05, 0) is 31.9 Å². The lowest BCUT2D eigenvalue weighted by Crippen LogP contribution is -2.18. The summed E-state index contributed by atoms with van der Waals surface area (Å²) in [7, 11) is 0. The third-order valence-corrected chi connectivity index (χ3v) is 3.54. The van der Waals surface area contributed by atoms with Gasteiger partial charge in [-0.25, -0.2) is 4.98 Å². The SMILES string of the molecule is Cc1ocnc1C(=O)Nc1ccccc1OCC1CCCO1. The van der Waals surface area contributed by atoms with E-state index in [2.05, 4.69) is 10.3 Å². The van der Waals surface area contributed by atoms with E-state index in [-0.39, 0.29) is 17.7 Å². The van der Waals surface area contributed by atoms with Crippen LogP contribution in [0.25, 0.3) is 0 Å². The topological polar surface area (TPSA) is 73.6 Å². The Morgan fingerprint density at radius 3 is 3.05 bits per heavy atom. The fourth-order valence-electron chi connectivity index (χ4n) is 2.36. The highest BCUT2D eigenvalue weighted by Crippen LogP contribution is 2.25. The van der Waals surface area contributed by atoms with Crippen LogP contribution in [0.4, 0.5) is 5.69 Å². The normalized spacial score (nSPS) is 17.4. The number of para-hydroxylation sites is 2. The number of nitrogens with one attached hydrogen (secondary N) is 1. The zero-order valence-electron chi connectivity index (χ0n) is 12.4. The first-order valence-electron chi connectivity index (χ1n) is 7.29. The number of hydrogen-bond donors (Lipinski definition) is 1. The van der Waals surface area contributed by atoms with E-state index in [0.717, 1.165) is 19.4 Å². The number of aryl methyl sites for hydroxylation is 1. The second-order valence-electron chi connectivity index (χ2n) is 5.15. The third kappa shape index (κ3) is 3.28. The van der Waals surface area contributed by atoms with Gasteiger partial charge >= 0.3 is 0 Å². The van der Waals surface area contributed by atoms with Crippen molar-refractivity contribution in [3.8, 4) is 5.75 Å². The number of rotatable bonds is 5. The van der Waals surface area contributed by atoms with Crippen LogP contribution in [0.1, 0.15) is 29.1 Å². The van der Waals surface area contributed by atoms with Crippen molar-refractivity contribution in [2.24, 2.45) is 0 Å². The van der Waals surface area contributed by atoms with Crippen molar-refractivity contribution in [1.29, 1.82) is 0 Å². The highest BCUT2D eigenvalue weighted by molar-refractivity contribution is 6.04. The fraction of sp³-hybridized carbons (Fsp3) is 0.375. The Morgan fingerprint density at radius 2 is 2.32 bits per heavy atom. The van der Waals surface area contributed by atoms with Crippen LogP contribution in [0.15, 0.2) is 35.1 Å². The fourth-order valence-corrected chi connectivity index (χ4v) is 2.36. The van der Waals surface area contributed by atoms with Gasteiger partial charge in [-0.3, -0.25) is 4.79 Å². The molecule has 1 saturated heterocycles. The number of anilines is 1. The second-order valence-corrected chi connectivity index (χ2v) is 5.15. The molecule has 6 nitrogen and oxygen atoms in total. The van der Waals surface area contributed by atoms with Gasteiger partial charge in [-0.1, -0.05) is 12.1 Å². The summed E-state index contributed by atoms with van der Waals surface area (Å²) in [5, 5.41) is 2.80. The minimum absolute atomic E-state index is 0.126. The van der Waals surface area contributed by atoms with Gasteiger partial charge in [0.2, 0.25) is 0 Å². The standard InChI is InChI=1S/C16H18N2O4/c1-11-15(17-10-22-11)16(19)18-13-6-2-3-7-14(13)21-9-12-5-4-8-20-12/h2-3,6-7,10,12H,4-5,8-9H2,1H3,(H,18,19). The largest absolute Gasteiger partial charge is 0.489 e. The van der Waals surface area contributed by atoms with E-state index in [0.29, 0.717) is 23.8 Å². The minimum Gasteiger partial charge on any atom is -0.489 e. The molecule has 1 atom stereocenters. The van der Waals surface area contributed by atoms with Gasteiger partial charge in [0.15, 0.2) is 12.1 Å². The number of amides is 1.